The fourth-order valence-electron chi connectivity index (χ4n) is 1.70. The van der Waals surface area contributed by atoms with Crippen LogP contribution in [0.1, 0.15) is 18.2 Å². The summed E-state index contributed by atoms with van der Waals surface area (Å²) in [6.07, 6.45) is 1.92. The van der Waals surface area contributed by atoms with Gasteiger partial charge in [-0.15, -0.1) is 0 Å². The number of nitrogens with two attached hydrogens (primary N) is 1. The Kier molecular flexibility index (Phi) is 2.50. The van der Waals surface area contributed by atoms with Crippen molar-refractivity contribution in [3.63, 3.8) is 0 Å². The largest absolute Gasteiger partial charge is 0.330 e. The van der Waals surface area contributed by atoms with E-state index in [1.54, 1.807) is 0 Å². The molecular weight excluding hydrogens is 174 g/mol. The molecule has 0 aliphatic heterocycles. The summed E-state index contributed by atoms with van der Waals surface area (Å²) in [6.45, 7) is 2.83. The summed E-state index contributed by atoms with van der Waals surface area (Å²) in [5, 5.41) is 8.52. The maximum absolute atomic E-state index is 5.53. The van der Waals surface area contributed by atoms with E-state index in [4.69, 9.17) is 5.73 Å². The predicted molar refractivity (Wildman–Crippen MR) is 58.2 cm³/mol. The second kappa shape index (κ2) is 3.80. The van der Waals surface area contributed by atoms with Crippen molar-refractivity contribution in [1.82, 2.24) is 10.2 Å². The van der Waals surface area contributed by atoms with E-state index in [0.29, 0.717) is 6.54 Å². The monoisotopic (exact) mass is 189 g/mol. The summed E-state index contributed by atoms with van der Waals surface area (Å²) >= 11 is 0. The first-order valence-corrected chi connectivity index (χ1v) is 5.01. The molecule has 1 heterocycles. The Labute approximate surface area is 83.3 Å². The zero-order valence-corrected chi connectivity index (χ0v) is 8.38. The van der Waals surface area contributed by atoms with Gasteiger partial charge in [0, 0.05) is 11.1 Å². The number of aryl methyl sites for hydroxylation is 1. The average molecular weight is 189 g/mol. The van der Waals surface area contributed by atoms with Crippen LogP contribution in [-0.4, -0.2) is 16.7 Å². The van der Waals surface area contributed by atoms with Gasteiger partial charge in [-0.1, -0.05) is 13.0 Å². The number of nitrogens with zero attached hydrogens (tertiary/aromatic N) is 1. The highest BCUT2D eigenvalue weighted by atomic mass is 15.1. The van der Waals surface area contributed by atoms with Crippen molar-refractivity contribution < 1.29 is 0 Å². The van der Waals surface area contributed by atoms with Crippen molar-refractivity contribution in [3.05, 3.63) is 29.5 Å². The van der Waals surface area contributed by atoms with E-state index < -0.39 is 0 Å². The lowest BCUT2D eigenvalue weighted by Gasteiger charge is -1.98. The molecule has 0 radical (unpaired) electrons. The summed E-state index contributed by atoms with van der Waals surface area (Å²) in [5.41, 5.74) is 9.07. The van der Waals surface area contributed by atoms with Crippen molar-refractivity contribution in [3.8, 4) is 0 Å². The number of benzene rings is 1. The lowest BCUT2D eigenvalue weighted by atomic mass is 10.1. The molecule has 14 heavy (non-hydrogen) atoms. The third-order valence-corrected chi connectivity index (χ3v) is 2.48. The Morgan fingerprint density at radius 3 is 3.00 bits per heavy atom. The molecule has 74 valence electrons. The molecule has 0 spiro atoms. The standard InChI is InChI=1S/C11H15N3/c1-2-10-9-7-8(5-6-12)3-4-11(9)14-13-10/h3-4,7H,2,5-6,12H2,1H3,(H,13,14). The second-order valence-corrected chi connectivity index (χ2v) is 3.45. The van der Waals surface area contributed by atoms with Crippen LogP contribution in [0.5, 0.6) is 0 Å². The third-order valence-electron chi connectivity index (χ3n) is 2.48. The third kappa shape index (κ3) is 1.51. The number of hydrogen-bond donors (Lipinski definition) is 2. The van der Waals surface area contributed by atoms with Crippen LogP contribution in [0.15, 0.2) is 18.2 Å². The lowest BCUT2D eigenvalue weighted by Crippen LogP contribution is -2.02. The maximum Gasteiger partial charge on any atom is 0.0923 e. The summed E-state index contributed by atoms with van der Waals surface area (Å²) in [7, 11) is 0. The van der Waals surface area contributed by atoms with E-state index in [1.165, 1.54) is 16.6 Å². The van der Waals surface area contributed by atoms with Crippen molar-refractivity contribution >= 4 is 10.9 Å². The second-order valence-electron chi connectivity index (χ2n) is 3.45. The molecule has 0 amide bonds. The SMILES string of the molecule is CCc1[nH]nc2ccc(CCN)cc12. The van der Waals surface area contributed by atoms with Gasteiger partial charge in [0.25, 0.3) is 0 Å². The quantitative estimate of drug-likeness (QED) is 0.771. The summed E-state index contributed by atoms with van der Waals surface area (Å²) in [5.74, 6) is 0. The van der Waals surface area contributed by atoms with Crippen LogP contribution in [0.3, 0.4) is 0 Å². The lowest BCUT2D eigenvalue weighted by molar-refractivity contribution is 0.970. The predicted octanol–water partition coefficient (Wildman–Crippen LogP) is 1.63. The van der Waals surface area contributed by atoms with Gasteiger partial charge >= 0.3 is 0 Å². The molecule has 0 unspecified atom stereocenters. The first-order chi connectivity index (χ1) is 6.85. The molecule has 0 fully saturated rings. The van der Waals surface area contributed by atoms with Gasteiger partial charge in [-0.05, 0) is 37.1 Å². The van der Waals surface area contributed by atoms with Gasteiger partial charge in [-0.3, -0.25) is 5.10 Å². The fourth-order valence-corrected chi connectivity index (χ4v) is 1.70. The summed E-state index contributed by atoms with van der Waals surface area (Å²) in [4.78, 5) is 0. The molecule has 0 aliphatic carbocycles. The number of fused-ring (bicyclic) bond motifs is 1. The molecule has 0 aliphatic rings. The van der Waals surface area contributed by atoms with Crippen LogP contribution in [0.25, 0.3) is 10.9 Å². The van der Waals surface area contributed by atoms with Gasteiger partial charge in [0.15, 0.2) is 0 Å². The van der Waals surface area contributed by atoms with Gasteiger partial charge in [0.05, 0.1) is 5.52 Å². The topological polar surface area (TPSA) is 54.7 Å². The summed E-state index contributed by atoms with van der Waals surface area (Å²) in [6, 6.07) is 6.33. The molecule has 3 nitrogen and oxygen atoms in total. The molecule has 3 N–H and O–H groups in total. The molecule has 0 atom stereocenters. The molecule has 1 aromatic heterocycles. The highest BCUT2D eigenvalue weighted by Crippen LogP contribution is 2.18. The highest BCUT2D eigenvalue weighted by Gasteiger charge is 2.03. The van der Waals surface area contributed by atoms with Gasteiger partial charge < -0.3 is 5.73 Å². The first kappa shape index (κ1) is 9.21. The van der Waals surface area contributed by atoms with E-state index in [9.17, 15) is 0 Å². The van der Waals surface area contributed by atoms with Crippen LogP contribution in [0, 0.1) is 0 Å². The molecule has 0 saturated heterocycles. The van der Waals surface area contributed by atoms with E-state index in [2.05, 4.69) is 35.3 Å². The Balaban J connectivity index is 2.50. The van der Waals surface area contributed by atoms with E-state index in [1.807, 2.05) is 0 Å². The van der Waals surface area contributed by atoms with Crippen LogP contribution in [0.4, 0.5) is 0 Å². The number of nitrogens with one attached hydrogen (secondary N) is 1. The molecule has 1 aromatic carbocycles. The van der Waals surface area contributed by atoms with Gasteiger partial charge in [-0.25, -0.2) is 0 Å². The normalized spacial score (nSPS) is 11.0. The molecule has 0 saturated carbocycles. The molecule has 3 heteroatoms. The highest BCUT2D eigenvalue weighted by molar-refractivity contribution is 5.82. The minimum absolute atomic E-state index is 0.699. The number of H-pyrrole nitrogens is 1. The zero-order valence-electron chi connectivity index (χ0n) is 8.38. The zero-order chi connectivity index (χ0) is 9.97. The summed E-state index contributed by atoms with van der Waals surface area (Å²) < 4.78 is 0. The number of aromatic nitrogens is 2. The molecular formula is C11H15N3. The van der Waals surface area contributed by atoms with Gasteiger partial charge in [-0.2, -0.15) is 5.10 Å². The van der Waals surface area contributed by atoms with Crippen LogP contribution >= 0.6 is 0 Å². The van der Waals surface area contributed by atoms with Crippen molar-refractivity contribution in [2.24, 2.45) is 5.73 Å². The van der Waals surface area contributed by atoms with Crippen molar-refractivity contribution in [2.75, 3.05) is 6.54 Å². The van der Waals surface area contributed by atoms with Gasteiger partial charge in [0.2, 0.25) is 0 Å². The van der Waals surface area contributed by atoms with E-state index in [0.717, 1.165) is 18.4 Å². The molecule has 2 rings (SSSR count). The van der Waals surface area contributed by atoms with Crippen LogP contribution < -0.4 is 5.73 Å². The average Bonchev–Trinajstić information content (AvgIpc) is 2.60. The number of aromatic amines is 1. The Morgan fingerprint density at radius 1 is 1.43 bits per heavy atom. The van der Waals surface area contributed by atoms with Gasteiger partial charge in [0.1, 0.15) is 0 Å². The van der Waals surface area contributed by atoms with E-state index >= 15 is 0 Å². The van der Waals surface area contributed by atoms with Crippen molar-refractivity contribution in [1.29, 1.82) is 0 Å². The molecule has 0 bridgehead atoms. The Morgan fingerprint density at radius 2 is 2.29 bits per heavy atom. The Bertz CT molecular complexity index is 431. The minimum Gasteiger partial charge on any atom is -0.330 e. The number of hydrogen-bond acceptors (Lipinski definition) is 2. The maximum atomic E-state index is 5.53. The first-order valence-electron chi connectivity index (χ1n) is 5.01. The van der Waals surface area contributed by atoms with Crippen LogP contribution in [-0.2, 0) is 12.8 Å². The smallest absolute Gasteiger partial charge is 0.0923 e. The number of rotatable bonds is 3. The molecule has 2 aromatic rings. The minimum atomic E-state index is 0.699. The fraction of sp³-hybridized carbons (Fsp3) is 0.364. The Hall–Kier alpha value is -1.35. The van der Waals surface area contributed by atoms with Crippen molar-refractivity contribution in [2.45, 2.75) is 19.8 Å². The van der Waals surface area contributed by atoms with Crippen LogP contribution in [0.2, 0.25) is 0 Å². The van der Waals surface area contributed by atoms with E-state index in [-0.39, 0.29) is 0 Å².